The molecular formula is C19H24N2OS. The van der Waals surface area contributed by atoms with Gasteiger partial charge >= 0.3 is 0 Å². The topological polar surface area (TPSA) is 32.3 Å². The highest BCUT2D eigenvalue weighted by atomic mass is 32.1. The Morgan fingerprint density at radius 2 is 2.13 bits per heavy atom. The van der Waals surface area contributed by atoms with Crippen LogP contribution in [0.25, 0.3) is 0 Å². The first-order valence-corrected chi connectivity index (χ1v) is 9.14. The molecule has 1 amide bonds. The van der Waals surface area contributed by atoms with Gasteiger partial charge in [-0.15, -0.1) is 11.3 Å². The van der Waals surface area contributed by atoms with Crippen LogP contribution in [0.4, 0.5) is 5.69 Å². The fourth-order valence-corrected chi connectivity index (χ4v) is 4.25. The molecule has 2 heterocycles. The van der Waals surface area contributed by atoms with Crippen LogP contribution in [-0.2, 0) is 11.2 Å². The van der Waals surface area contributed by atoms with E-state index in [0.29, 0.717) is 12.6 Å². The molecule has 0 spiro atoms. The quantitative estimate of drug-likeness (QED) is 0.907. The Hall–Kier alpha value is -1.65. The van der Waals surface area contributed by atoms with E-state index in [1.807, 2.05) is 23.5 Å². The van der Waals surface area contributed by atoms with E-state index < -0.39 is 0 Å². The number of fused-ring (bicyclic) bond motifs is 1. The Labute approximate surface area is 142 Å². The molecule has 3 nitrogen and oxygen atoms in total. The molecule has 1 aromatic carbocycles. The first kappa shape index (κ1) is 16.2. The van der Waals surface area contributed by atoms with Crippen molar-refractivity contribution in [1.29, 1.82) is 0 Å². The van der Waals surface area contributed by atoms with Gasteiger partial charge in [-0.3, -0.25) is 9.69 Å². The van der Waals surface area contributed by atoms with Gasteiger partial charge in [0.05, 0.1) is 6.54 Å². The summed E-state index contributed by atoms with van der Waals surface area (Å²) in [6.07, 6.45) is 2.10. The number of carbonyl (C=O) groups excluding carboxylic acids is 1. The summed E-state index contributed by atoms with van der Waals surface area (Å²) in [5, 5.41) is 5.21. The van der Waals surface area contributed by atoms with Crippen LogP contribution in [0.5, 0.6) is 0 Å². The van der Waals surface area contributed by atoms with Gasteiger partial charge in [0.15, 0.2) is 0 Å². The molecule has 1 aliphatic rings. The van der Waals surface area contributed by atoms with Gasteiger partial charge in [-0.25, -0.2) is 0 Å². The van der Waals surface area contributed by atoms with E-state index in [9.17, 15) is 4.79 Å². The molecule has 0 bridgehead atoms. The van der Waals surface area contributed by atoms with E-state index in [1.165, 1.54) is 21.6 Å². The number of nitrogens with one attached hydrogen (secondary N) is 1. The van der Waals surface area contributed by atoms with Crippen molar-refractivity contribution in [3.05, 3.63) is 51.2 Å². The van der Waals surface area contributed by atoms with Crippen molar-refractivity contribution in [2.45, 2.75) is 39.7 Å². The zero-order valence-corrected chi connectivity index (χ0v) is 14.9. The van der Waals surface area contributed by atoms with Crippen molar-refractivity contribution in [3.8, 4) is 0 Å². The number of carbonyl (C=O) groups is 1. The highest BCUT2D eigenvalue weighted by molar-refractivity contribution is 7.10. The van der Waals surface area contributed by atoms with Crippen LogP contribution in [0.3, 0.4) is 0 Å². The molecule has 1 aliphatic heterocycles. The van der Waals surface area contributed by atoms with Crippen molar-refractivity contribution in [2.75, 3.05) is 18.4 Å². The molecule has 0 saturated heterocycles. The third-order valence-electron chi connectivity index (χ3n) is 4.73. The number of nitrogens with zero attached hydrogens (tertiary/aromatic N) is 1. The Balaban J connectivity index is 1.66. The van der Waals surface area contributed by atoms with Gasteiger partial charge in [0.25, 0.3) is 0 Å². The van der Waals surface area contributed by atoms with Crippen molar-refractivity contribution >= 4 is 22.9 Å². The smallest absolute Gasteiger partial charge is 0.238 e. The molecule has 1 aromatic heterocycles. The molecule has 1 atom stereocenters. The number of amides is 1. The van der Waals surface area contributed by atoms with Gasteiger partial charge in [-0.05, 0) is 67.0 Å². The fraction of sp³-hybridized carbons (Fsp3) is 0.421. The van der Waals surface area contributed by atoms with Gasteiger partial charge in [0, 0.05) is 23.2 Å². The summed E-state index contributed by atoms with van der Waals surface area (Å²) in [4.78, 5) is 16.2. The lowest BCUT2D eigenvalue weighted by Gasteiger charge is -2.34. The van der Waals surface area contributed by atoms with Crippen LogP contribution in [0.2, 0.25) is 0 Å². The molecule has 0 saturated carbocycles. The molecule has 2 aromatic rings. The lowest BCUT2D eigenvalue weighted by atomic mass is 9.98. The molecule has 1 unspecified atom stereocenters. The standard InChI is InChI=1S/C19H24N2OS/c1-4-17-16-8-10-23-18(16)7-9-21(17)12-19(22)20-15-6-5-13(2)14(3)11-15/h5-6,8,10-11,17H,4,7,9,12H2,1-3H3,(H,20,22). The number of aryl methyl sites for hydroxylation is 2. The lowest BCUT2D eigenvalue weighted by molar-refractivity contribution is -0.118. The van der Waals surface area contributed by atoms with E-state index >= 15 is 0 Å². The maximum Gasteiger partial charge on any atom is 0.238 e. The van der Waals surface area contributed by atoms with Gasteiger partial charge in [0.1, 0.15) is 0 Å². The van der Waals surface area contributed by atoms with Crippen molar-refractivity contribution < 1.29 is 4.79 Å². The Kier molecular flexibility index (Phi) is 4.83. The maximum atomic E-state index is 12.4. The summed E-state index contributed by atoms with van der Waals surface area (Å²) in [5.74, 6) is 0.0744. The maximum absolute atomic E-state index is 12.4. The van der Waals surface area contributed by atoms with Gasteiger partial charge in [-0.1, -0.05) is 13.0 Å². The average Bonchev–Trinajstić information content (AvgIpc) is 2.99. The predicted molar refractivity (Wildman–Crippen MR) is 97.2 cm³/mol. The Morgan fingerprint density at radius 1 is 1.30 bits per heavy atom. The van der Waals surface area contributed by atoms with Crippen LogP contribution in [0.15, 0.2) is 29.6 Å². The SMILES string of the molecule is CCC1c2ccsc2CCN1CC(=O)Nc1ccc(C)c(C)c1. The molecule has 23 heavy (non-hydrogen) atoms. The number of hydrogen-bond donors (Lipinski definition) is 1. The number of hydrogen-bond acceptors (Lipinski definition) is 3. The van der Waals surface area contributed by atoms with E-state index in [-0.39, 0.29) is 5.91 Å². The molecule has 0 radical (unpaired) electrons. The first-order chi connectivity index (χ1) is 11.1. The molecule has 0 aliphatic carbocycles. The lowest BCUT2D eigenvalue weighted by Crippen LogP contribution is -2.40. The molecule has 0 fully saturated rings. The Morgan fingerprint density at radius 3 is 2.87 bits per heavy atom. The van der Waals surface area contributed by atoms with E-state index in [1.54, 1.807) is 0 Å². The summed E-state index contributed by atoms with van der Waals surface area (Å²) in [6.45, 7) is 7.78. The minimum atomic E-state index is 0.0744. The minimum absolute atomic E-state index is 0.0744. The van der Waals surface area contributed by atoms with Gasteiger partial charge in [-0.2, -0.15) is 0 Å². The van der Waals surface area contributed by atoms with Gasteiger partial charge in [0.2, 0.25) is 5.91 Å². The average molecular weight is 328 g/mol. The molecule has 1 N–H and O–H groups in total. The second-order valence-electron chi connectivity index (χ2n) is 6.29. The largest absolute Gasteiger partial charge is 0.325 e. The number of rotatable bonds is 4. The zero-order chi connectivity index (χ0) is 16.4. The molecule has 122 valence electrons. The van der Waals surface area contributed by atoms with E-state index in [2.05, 4.69) is 48.5 Å². The van der Waals surface area contributed by atoms with Crippen LogP contribution >= 0.6 is 11.3 Å². The summed E-state index contributed by atoms with van der Waals surface area (Å²) in [6, 6.07) is 8.66. The fourth-order valence-electron chi connectivity index (χ4n) is 3.32. The molecule has 3 rings (SSSR count). The molecule has 4 heteroatoms. The highest BCUT2D eigenvalue weighted by Crippen LogP contribution is 2.34. The minimum Gasteiger partial charge on any atom is -0.325 e. The second kappa shape index (κ2) is 6.85. The summed E-state index contributed by atoms with van der Waals surface area (Å²) >= 11 is 1.84. The normalized spacial score (nSPS) is 17.8. The van der Waals surface area contributed by atoms with Crippen molar-refractivity contribution in [1.82, 2.24) is 4.90 Å². The predicted octanol–water partition coefficient (Wildman–Crippen LogP) is 4.31. The van der Waals surface area contributed by atoms with Crippen LogP contribution in [0, 0.1) is 13.8 Å². The Bertz CT molecular complexity index is 707. The monoisotopic (exact) mass is 328 g/mol. The third-order valence-corrected chi connectivity index (χ3v) is 5.73. The molecular weight excluding hydrogens is 304 g/mol. The first-order valence-electron chi connectivity index (χ1n) is 8.26. The van der Waals surface area contributed by atoms with Crippen molar-refractivity contribution in [2.24, 2.45) is 0 Å². The van der Waals surface area contributed by atoms with Crippen molar-refractivity contribution in [3.63, 3.8) is 0 Å². The van der Waals surface area contributed by atoms with Gasteiger partial charge < -0.3 is 5.32 Å². The third kappa shape index (κ3) is 3.48. The number of anilines is 1. The number of benzene rings is 1. The van der Waals surface area contributed by atoms with Crippen LogP contribution in [-0.4, -0.2) is 23.9 Å². The summed E-state index contributed by atoms with van der Waals surface area (Å²) in [7, 11) is 0. The number of thiophene rings is 1. The summed E-state index contributed by atoms with van der Waals surface area (Å²) in [5.41, 5.74) is 4.76. The van der Waals surface area contributed by atoms with E-state index in [0.717, 1.165) is 25.1 Å². The second-order valence-corrected chi connectivity index (χ2v) is 7.29. The van der Waals surface area contributed by atoms with E-state index in [4.69, 9.17) is 0 Å². The van der Waals surface area contributed by atoms with Crippen LogP contribution < -0.4 is 5.32 Å². The van der Waals surface area contributed by atoms with Crippen LogP contribution in [0.1, 0.15) is 41.0 Å². The zero-order valence-electron chi connectivity index (χ0n) is 14.1. The summed E-state index contributed by atoms with van der Waals surface area (Å²) < 4.78 is 0. The highest BCUT2D eigenvalue weighted by Gasteiger charge is 2.28.